The molecule has 0 aliphatic rings. The summed E-state index contributed by atoms with van der Waals surface area (Å²) >= 11 is 5.89. The lowest BCUT2D eigenvalue weighted by Crippen LogP contribution is -2.02. The van der Waals surface area contributed by atoms with E-state index in [1.165, 1.54) is 0 Å². The van der Waals surface area contributed by atoms with Crippen molar-refractivity contribution >= 4 is 17.2 Å². The predicted octanol–water partition coefficient (Wildman–Crippen LogP) is 2.07. The van der Waals surface area contributed by atoms with Crippen molar-refractivity contribution in [2.24, 2.45) is 0 Å². The van der Waals surface area contributed by atoms with Crippen molar-refractivity contribution in [3.63, 3.8) is 0 Å². The van der Waals surface area contributed by atoms with Gasteiger partial charge in [0.05, 0.1) is 0 Å². The first-order valence-electron chi connectivity index (χ1n) is 5.50. The molecule has 0 aliphatic heterocycles. The lowest BCUT2D eigenvalue weighted by Gasteiger charge is -2.03. The van der Waals surface area contributed by atoms with Crippen molar-refractivity contribution in [1.29, 1.82) is 0 Å². The SMILES string of the molecule is Cc1nc(Cl)cc2nnc(Cc3cccnc3)n12. The maximum Gasteiger partial charge on any atom is 0.165 e. The molecule has 18 heavy (non-hydrogen) atoms. The standard InChI is InChI=1S/C12H10ClN5/c1-8-15-10(13)6-12-17-16-11(18(8)12)5-9-3-2-4-14-7-9/h2-4,6-7H,5H2,1H3. The summed E-state index contributed by atoms with van der Waals surface area (Å²) in [6.07, 6.45) is 4.23. The second kappa shape index (κ2) is 4.34. The molecule has 0 N–H and O–H groups in total. The van der Waals surface area contributed by atoms with Crippen LogP contribution in [0.2, 0.25) is 5.15 Å². The highest BCUT2D eigenvalue weighted by Crippen LogP contribution is 2.14. The molecule has 0 bridgehead atoms. The fraction of sp³-hybridized carbons (Fsp3) is 0.167. The molecule has 0 radical (unpaired) electrons. The summed E-state index contributed by atoms with van der Waals surface area (Å²) in [5.41, 5.74) is 1.80. The molecule has 3 aromatic rings. The number of fused-ring (bicyclic) bond motifs is 1. The zero-order valence-electron chi connectivity index (χ0n) is 9.71. The summed E-state index contributed by atoms with van der Waals surface area (Å²) in [4.78, 5) is 8.30. The monoisotopic (exact) mass is 259 g/mol. The van der Waals surface area contributed by atoms with Gasteiger partial charge in [0.1, 0.15) is 16.8 Å². The maximum absolute atomic E-state index is 5.89. The zero-order valence-corrected chi connectivity index (χ0v) is 10.5. The molecule has 0 amide bonds. The summed E-state index contributed by atoms with van der Waals surface area (Å²) in [5, 5.41) is 8.71. The van der Waals surface area contributed by atoms with E-state index in [-0.39, 0.29) is 0 Å². The minimum Gasteiger partial charge on any atom is -0.266 e. The van der Waals surface area contributed by atoms with E-state index in [4.69, 9.17) is 11.6 Å². The topological polar surface area (TPSA) is 56.0 Å². The lowest BCUT2D eigenvalue weighted by atomic mass is 10.2. The van der Waals surface area contributed by atoms with Crippen molar-refractivity contribution in [1.82, 2.24) is 24.6 Å². The number of aromatic nitrogens is 5. The summed E-state index contributed by atoms with van der Waals surface area (Å²) in [5.74, 6) is 1.61. The molecule has 5 nitrogen and oxygen atoms in total. The summed E-state index contributed by atoms with van der Waals surface area (Å²) in [7, 11) is 0. The fourth-order valence-corrected chi connectivity index (χ4v) is 2.14. The smallest absolute Gasteiger partial charge is 0.165 e. The first kappa shape index (κ1) is 11.1. The van der Waals surface area contributed by atoms with Gasteiger partial charge in [0, 0.05) is 24.9 Å². The van der Waals surface area contributed by atoms with Crippen LogP contribution < -0.4 is 0 Å². The molecule has 0 spiro atoms. The molecular weight excluding hydrogens is 250 g/mol. The highest BCUT2D eigenvalue weighted by molar-refractivity contribution is 6.29. The minimum absolute atomic E-state index is 0.431. The van der Waals surface area contributed by atoms with E-state index < -0.39 is 0 Å². The molecule has 0 aliphatic carbocycles. The van der Waals surface area contributed by atoms with Crippen molar-refractivity contribution in [2.45, 2.75) is 13.3 Å². The largest absolute Gasteiger partial charge is 0.266 e. The molecule has 0 saturated carbocycles. The molecular formula is C12H10ClN5. The van der Waals surface area contributed by atoms with Crippen LogP contribution in [0.5, 0.6) is 0 Å². The van der Waals surface area contributed by atoms with Crippen LogP contribution in [0.4, 0.5) is 0 Å². The van der Waals surface area contributed by atoms with Crippen LogP contribution >= 0.6 is 11.6 Å². The van der Waals surface area contributed by atoms with Gasteiger partial charge in [-0.25, -0.2) is 4.98 Å². The van der Waals surface area contributed by atoms with Crippen molar-refractivity contribution in [3.05, 3.63) is 53.0 Å². The van der Waals surface area contributed by atoms with Gasteiger partial charge < -0.3 is 0 Å². The van der Waals surface area contributed by atoms with E-state index in [9.17, 15) is 0 Å². The van der Waals surface area contributed by atoms with Crippen molar-refractivity contribution in [2.75, 3.05) is 0 Å². The quantitative estimate of drug-likeness (QED) is 0.661. The molecule has 0 aromatic carbocycles. The van der Waals surface area contributed by atoms with Crippen LogP contribution in [-0.2, 0) is 6.42 Å². The van der Waals surface area contributed by atoms with Gasteiger partial charge in [-0.2, -0.15) is 0 Å². The van der Waals surface area contributed by atoms with Crippen LogP contribution in [0.15, 0.2) is 30.6 Å². The van der Waals surface area contributed by atoms with Gasteiger partial charge in [0.15, 0.2) is 5.65 Å². The Morgan fingerprint density at radius 3 is 3.00 bits per heavy atom. The number of rotatable bonds is 2. The third-order valence-electron chi connectivity index (χ3n) is 2.68. The average Bonchev–Trinajstić information content (AvgIpc) is 2.73. The zero-order chi connectivity index (χ0) is 12.5. The fourth-order valence-electron chi connectivity index (χ4n) is 1.92. The van der Waals surface area contributed by atoms with E-state index in [1.54, 1.807) is 12.3 Å². The second-order valence-electron chi connectivity index (χ2n) is 3.97. The Kier molecular flexibility index (Phi) is 2.68. The number of nitrogens with zero attached hydrogens (tertiary/aromatic N) is 5. The number of hydrogen-bond acceptors (Lipinski definition) is 4. The maximum atomic E-state index is 5.89. The summed E-state index contributed by atoms with van der Waals surface area (Å²) in [6.45, 7) is 1.88. The molecule has 3 heterocycles. The molecule has 0 atom stereocenters. The van der Waals surface area contributed by atoms with Gasteiger partial charge in [0.25, 0.3) is 0 Å². The number of halogens is 1. The van der Waals surface area contributed by atoms with Crippen LogP contribution in [0.25, 0.3) is 5.65 Å². The second-order valence-corrected chi connectivity index (χ2v) is 4.36. The number of hydrogen-bond donors (Lipinski definition) is 0. The molecule has 3 aromatic heterocycles. The van der Waals surface area contributed by atoms with Crippen molar-refractivity contribution in [3.8, 4) is 0 Å². The minimum atomic E-state index is 0.431. The average molecular weight is 260 g/mol. The number of aryl methyl sites for hydroxylation is 1. The van der Waals surface area contributed by atoms with E-state index >= 15 is 0 Å². The van der Waals surface area contributed by atoms with E-state index in [2.05, 4.69) is 20.2 Å². The van der Waals surface area contributed by atoms with Gasteiger partial charge in [0.2, 0.25) is 0 Å². The van der Waals surface area contributed by atoms with Crippen LogP contribution in [0.1, 0.15) is 17.2 Å². The Morgan fingerprint density at radius 1 is 1.33 bits per heavy atom. The van der Waals surface area contributed by atoms with E-state index in [0.29, 0.717) is 17.2 Å². The predicted molar refractivity (Wildman–Crippen MR) is 67.6 cm³/mol. The van der Waals surface area contributed by atoms with Crippen LogP contribution in [0, 0.1) is 6.92 Å². The Balaban J connectivity index is 2.08. The number of pyridine rings is 1. The third-order valence-corrected chi connectivity index (χ3v) is 2.87. The highest BCUT2D eigenvalue weighted by atomic mass is 35.5. The third kappa shape index (κ3) is 1.93. The lowest BCUT2D eigenvalue weighted by molar-refractivity contribution is 0.882. The van der Waals surface area contributed by atoms with Gasteiger partial charge >= 0.3 is 0 Å². The first-order valence-corrected chi connectivity index (χ1v) is 5.88. The Hall–Kier alpha value is -2.01. The molecule has 3 rings (SSSR count). The highest BCUT2D eigenvalue weighted by Gasteiger charge is 2.10. The van der Waals surface area contributed by atoms with Gasteiger partial charge in [-0.15, -0.1) is 10.2 Å². The first-order chi connectivity index (χ1) is 8.74. The molecule has 6 heteroatoms. The van der Waals surface area contributed by atoms with Gasteiger partial charge in [-0.3, -0.25) is 9.38 Å². The molecule has 0 fully saturated rings. The van der Waals surface area contributed by atoms with Gasteiger partial charge in [-0.1, -0.05) is 17.7 Å². The van der Waals surface area contributed by atoms with Crippen LogP contribution in [0.3, 0.4) is 0 Å². The normalized spacial score (nSPS) is 11.0. The van der Waals surface area contributed by atoms with E-state index in [0.717, 1.165) is 17.2 Å². The van der Waals surface area contributed by atoms with Crippen molar-refractivity contribution < 1.29 is 0 Å². The Labute approximate surface area is 108 Å². The van der Waals surface area contributed by atoms with Crippen LogP contribution in [-0.4, -0.2) is 24.6 Å². The van der Waals surface area contributed by atoms with E-state index in [1.807, 2.05) is 29.7 Å². The molecule has 0 saturated heterocycles. The Morgan fingerprint density at radius 2 is 2.22 bits per heavy atom. The van der Waals surface area contributed by atoms with Gasteiger partial charge in [-0.05, 0) is 18.6 Å². The summed E-state index contributed by atoms with van der Waals surface area (Å²) < 4.78 is 1.90. The molecule has 90 valence electrons. The Bertz CT molecular complexity index is 692. The molecule has 0 unspecified atom stereocenters. The summed E-state index contributed by atoms with van der Waals surface area (Å²) in [6, 6.07) is 5.61.